The zero-order valence-electron chi connectivity index (χ0n) is 39.0. The number of furan rings is 1. The van der Waals surface area contributed by atoms with Crippen LogP contribution in [0.2, 0.25) is 0 Å². The fourth-order valence-corrected chi connectivity index (χ4v) is 10.7. The van der Waals surface area contributed by atoms with E-state index >= 15 is 0 Å². The molecular weight excluding hydrogens is 819 g/mol. The van der Waals surface area contributed by atoms with E-state index in [-0.39, 0.29) is 0 Å². The van der Waals surface area contributed by atoms with Crippen LogP contribution in [0.5, 0.6) is 0 Å². The highest BCUT2D eigenvalue weighted by Crippen LogP contribution is 2.42. The summed E-state index contributed by atoms with van der Waals surface area (Å²) in [6.07, 6.45) is 0. The molecule has 68 heavy (non-hydrogen) atoms. The van der Waals surface area contributed by atoms with Gasteiger partial charge in [0.25, 0.3) is 0 Å². The maximum absolute atomic E-state index is 6.53. The fraction of sp³-hybridized carbons (Fsp3) is 0. The van der Waals surface area contributed by atoms with Gasteiger partial charge in [-0.25, -0.2) is 0 Å². The van der Waals surface area contributed by atoms with Crippen LogP contribution in [0.3, 0.4) is 0 Å². The molecule has 0 bridgehead atoms. The lowest BCUT2D eigenvalue weighted by atomic mass is 9.60. The number of para-hydroxylation sites is 3. The Morgan fingerprint density at radius 1 is 0.353 bits per heavy atom. The summed E-state index contributed by atoms with van der Waals surface area (Å²) < 4.78 is 8.92. The lowest BCUT2D eigenvalue weighted by molar-refractivity contribution is 0.670. The topological polar surface area (TPSA) is 21.3 Å². The van der Waals surface area contributed by atoms with E-state index in [1.807, 2.05) is 0 Å². The summed E-state index contributed by atoms with van der Waals surface area (Å²) in [4.78, 5) is 2.38. The van der Waals surface area contributed by atoms with Gasteiger partial charge in [-0.1, -0.05) is 150 Å². The quantitative estimate of drug-likeness (QED) is 0.144. The van der Waals surface area contributed by atoms with E-state index in [1.165, 1.54) is 71.4 Å². The molecule has 0 fully saturated rings. The predicted molar refractivity (Wildman–Crippen MR) is 305 cm³/mol. The van der Waals surface area contributed by atoms with E-state index in [9.17, 15) is 0 Å². The number of fused-ring (bicyclic) bond motifs is 6. The van der Waals surface area contributed by atoms with E-state index in [0.717, 1.165) is 66.9 Å². The van der Waals surface area contributed by atoms with Crippen LogP contribution in [0.1, 0.15) is 0 Å². The standard InChI is InChI=1S/C60H45B5N2O/c61-55-53(56(62)58(64)59(65)57(55)63)39-25-32-44(33-26-39)66(42-28-21-36(22-29-42)40-27-34-52-49(35-40)47-18-9-17-46(60(47)68-52)37-11-3-1-4-12-37)43-30-23-38(24-31-43)45-16-10-20-51-54(45)48-15-7-8-19-50(48)67(51)41-13-5-2-6-14-41/h1-35H,61-65H2. The number of hydrogen-bond acceptors (Lipinski definition) is 2. The molecule has 0 aliphatic rings. The lowest BCUT2D eigenvalue weighted by Gasteiger charge is -2.27. The van der Waals surface area contributed by atoms with Gasteiger partial charge in [0.1, 0.15) is 50.4 Å². The van der Waals surface area contributed by atoms with Gasteiger partial charge >= 0.3 is 0 Å². The van der Waals surface area contributed by atoms with Gasteiger partial charge in [0, 0.05) is 49.9 Å². The second-order valence-electron chi connectivity index (χ2n) is 18.2. The van der Waals surface area contributed by atoms with E-state index in [4.69, 9.17) is 4.42 Å². The summed E-state index contributed by atoms with van der Waals surface area (Å²) in [5.74, 6) is 0. The van der Waals surface area contributed by atoms with Gasteiger partial charge in [0.2, 0.25) is 0 Å². The van der Waals surface area contributed by atoms with Crippen LogP contribution >= 0.6 is 0 Å². The van der Waals surface area contributed by atoms with Crippen LogP contribution in [0.25, 0.3) is 93.9 Å². The van der Waals surface area contributed by atoms with E-state index in [0.29, 0.717) is 0 Å². The van der Waals surface area contributed by atoms with E-state index < -0.39 is 0 Å². The van der Waals surface area contributed by atoms with E-state index in [2.05, 4.69) is 261 Å². The number of benzene rings is 10. The van der Waals surface area contributed by atoms with Crippen molar-refractivity contribution >= 4 is 127 Å². The molecule has 0 aliphatic carbocycles. The molecule has 0 saturated heterocycles. The van der Waals surface area contributed by atoms with Crippen LogP contribution in [-0.2, 0) is 0 Å². The number of rotatable bonds is 8. The molecule has 0 atom stereocenters. The molecule has 12 aromatic rings. The van der Waals surface area contributed by atoms with Gasteiger partial charge in [0.05, 0.1) is 11.0 Å². The molecule has 12 rings (SSSR count). The summed E-state index contributed by atoms with van der Waals surface area (Å²) >= 11 is 0. The second-order valence-corrected chi connectivity index (χ2v) is 18.2. The fourth-order valence-electron chi connectivity index (χ4n) is 10.7. The first-order valence-electron chi connectivity index (χ1n) is 23.6. The van der Waals surface area contributed by atoms with Crippen molar-refractivity contribution < 1.29 is 4.42 Å². The summed E-state index contributed by atoms with van der Waals surface area (Å²) in [5.41, 5.74) is 25.0. The normalized spacial score (nSPS) is 11.5. The Bertz CT molecular complexity index is 3850. The molecule has 0 unspecified atom stereocenters. The van der Waals surface area contributed by atoms with Crippen LogP contribution in [0.15, 0.2) is 217 Å². The maximum atomic E-state index is 6.53. The van der Waals surface area contributed by atoms with Gasteiger partial charge in [-0.2, -0.15) is 0 Å². The highest BCUT2D eigenvalue weighted by molar-refractivity contribution is 6.68. The first kappa shape index (κ1) is 41.4. The molecular formula is C60H45B5N2O. The van der Waals surface area contributed by atoms with Gasteiger partial charge in [-0.15, -0.1) is 16.4 Å². The summed E-state index contributed by atoms with van der Waals surface area (Å²) in [7, 11) is 11.3. The van der Waals surface area contributed by atoms with Crippen LogP contribution < -0.4 is 32.2 Å². The second kappa shape index (κ2) is 16.7. The van der Waals surface area contributed by atoms with Crippen molar-refractivity contribution in [2.75, 3.05) is 4.90 Å². The van der Waals surface area contributed by atoms with Crippen LogP contribution in [-0.4, -0.2) is 43.8 Å². The Kier molecular flexibility index (Phi) is 10.1. The maximum Gasteiger partial charge on any atom is 0.143 e. The van der Waals surface area contributed by atoms with Crippen LogP contribution in [0, 0.1) is 0 Å². The monoisotopic (exact) mass is 864 g/mol. The zero-order valence-corrected chi connectivity index (χ0v) is 39.0. The van der Waals surface area contributed by atoms with Crippen molar-refractivity contribution in [3.8, 4) is 50.2 Å². The SMILES string of the molecule is Bc1c(B)c(B)c(-c2ccc(N(c3ccc(-c4ccc5oc6c(-c7ccccc7)cccc6c5c4)cc3)c3ccc(-c4cccc5c4c4ccccc4n5-c4ccccc4)cc3)cc2)c(B)c1B. The Morgan fingerprint density at radius 3 is 1.53 bits per heavy atom. The molecule has 316 valence electrons. The molecule has 0 spiro atoms. The molecule has 2 aromatic heterocycles. The molecule has 2 heterocycles. The molecule has 0 N–H and O–H groups in total. The molecule has 0 saturated carbocycles. The summed E-state index contributed by atoms with van der Waals surface area (Å²) in [6, 6.07) is 76.9. The average molecular weight is 864 g/mol. The Labute approximate surface area is 401 Å². The molecule has 0 amide bonds. The van der Waals surface area contributed by atoms with Crippen molar-refractivity contribution in [3.63, 3.8) is 0 Å². The van der Waals surface area contributed by atoms with Crippen molar-refractivity contribution in [2.24, 2.45) is 0 Å². The minimum atomic E-state index is 0.890. The number of anilines is 3. The Hall–Kier alpha value is -8.08. The molecule has 0 aliphatic heterocycles. The highest BCUT2D eigenvalue weighted by Gasteiger charge is 2.20. The number of nitrogens with zero attached hydrogens (tertiary/aromatic N) is 2. The van der Waals surface area contributed by atoms with Gasteiger partial charge in [-0.05, 0) is 112 Å². The third-order valence-electron chi connectivity index (χ3n) is 14.6. The van der Waals surface area contributed by atoms with Gasteiger partial charge in [0.15, 0.2) is 0 Å². The van der Waals surface area contributed by atoms with Gasteiger partial charge in [-0.3, -0.25) is 0 Å². The zero-order chi connectivity index (χ0) is 46.0. The molecule has 8 heteroatoms. The summed E-state index contributed by atoms with van der Waals surface area (Å²) in [5, 5.41) is 4.74. The Balaban J connectivity index is 0.948. The predicted octanol–water partition coefficient (Wildman–Crippen LogP) is 8.11. The lowest BCUT2D eigenvalue weighted by Crippen LogP contribution is -2.55. The molecule has 0 radical (unpaired) electrons. The smallest absolute Gasteiger partial charge is 0.143 e. The first-order valence-corrected chi connectivity index (χ1v) is 23.6. The van der Waals surface area contributed by atoms with Crippen molar-refractivity contribution in [1.29, 1.82) is 0 Å². The molecule has 10 aromatic carbocycles. The van der Waals surface area contributed by atoms with Crippen molar-refractivity contribution in [3.05, 3.63) is 212 Å². The minimum absolute atomic E-state index is 0.890. The van der Waals surface area contributed by atoms with Crippen LogP contribution in [0.4, 0.5) is 17.1 Å². The van der Waals surface area contributed by atoms with Crippen molar-refractivity contribution in [2.45, 2.75) is 0 Å². The average Bonchev–Trinajstić information content (AvgIpc) is 3.95. The largest absolute Gasteiger partial charge is 0.455 e. The summed E-state index contributed by atoms with van der Waals surface area (Å²) in [6.45, 7) is 0. The minimum Gasteiger partial charge on any atom is -0.455 e. The third-order valence-corrected chi connectivity index (χ3v) is 14.6. The molecule has 3 nitrogen and oxygen atoms in total. The van der Waals surface area contributed by atoms with Crippen molar-refractivity contribution in [1.82, 2.24) is 4.57 Å². The Morgan fingerprint density at radius 2 is 0.853 bits per heavy atom. The third kappa shape index (κ3) is 6.82. The van der Waals surface area contributed by atoms with Gasteiger partial charge < -0.3 is 13.9 Å². The highest BCUT2D eigenvalue weighted by atomic mass is 16.3. The van der Waals surface area contributed by atoms with E-state index in [1.54, 1.807) is 0 Å². The number of hydrogen-bond donors (Lipinski definition) is 0. The first-order chi connectivity index (χ1) is 33.3. The number of aromatic nitrogens is 1.